The third-order valence-corrected chi connectivity index (χ3v) is 3.82. The monoisotopic (exact) mass is 211 g/mol. The lowest BCUT2D eigenvalue weighted by atomic mass is 10.0. The number of thiophene rings is 1. The van der Waals surface area contributed by atoms with Crippen LogP contribution in [0.5, 0.6) is 0 Å². The number of hydrogen-bond donors (Lipinski definition) is 1. The molecule has 0 aliphatic carbocycles. The molecule has 1 fully saturated rings. The molecule has 2 rings (SSSR count). The molecule has 0 spiro atoms. The van der Waals surface area contributed by atoms with Gasteiger partial charge >= 0.3 is 0 Å². The molecule has 1 aliphatic heterocycles. The van der Waals surface area contributed by atoms with E-state index in [4.69, 9.17) is 5.11 Å². The molecule has 14 heavy (non-hydrogen) atoms. The van der Waals surface area contributed by atoms with Crippen molar-refractivity contribution in [2.75, 3.05) is 19.7 Å². The van der Waals surface area contributed by atoms with Crippen molar-refractivity contribution in [1.29, 1.82) is 0 Å². The number of likely N-dealkylation sites (tertiary alicyclic amines) is 1. The van der Waals surface area contributed by atoms with Crippen LogP contribution in [0.2, 0.25) is 0 Å². The number of aliphatic hydroxyl groups excluding tert-OH is 1. The number of aliphatic hydroxyl groups is 1. The van der Waals surface area contributed by atoms with Gasteiger partial charge in [0.25, 0.3) is 0 Å². The fourth-order valence-electron chi connectivity index (χ4n) is 1.95. The topological polar surface area (TPSA) is 23.5 Å². The zero-order valence-electron chi connectivity index (χ0n) is 8.57. The van der Waals surface area contributed by atoms with Gasteiger partial charge in [-0.15, -0.1) is 11.3 Å². The third-order valence-electron chi connectivity index (χ3n) is 2.88. The van der Waals surface area contributed by atoms with E-state index in [-0.39, 0.29) is 0 Å². The second kappa shape index (κ2) is 4.43. The van der Waals surface area contributed by atoms with Crippen molar-refractivity contribution < 1.29 is 5.11 Å². The maximum atomic E-state index is 8.91. The van der Waals surface area contributed by atoms with E-state index in [9.17, 15) is 0 Å². The Morgan fingerprint density at radius 2 is 2.36 bits per heavy atom. The smallest absolute Gasteiger partial charge is 0.0483 e. The lowest BCUT2D eigenvalue weighted by Gasteiger charge is -2.38. The summed E-state index contributed by atoms with van der Waals surface area (Å²) in [5, 5.41) is 11.1. The Hall–Kier alpha value is -0.380. The van der Waals surface area contributed by atoms with Crippen LogP contribution >= 0.6 is 11.3 Å². The molecule has 0 aromatic carbocycles. The summed E-state index contributed by atoms with van der Waals surface area (Å²) in [5.74, 6) is 0.528. The molecule has 0 amide bonds. The molecule has 2 nitrogen and oxygen atoms in total. The number of aryl methyl sites for hydroxylation is 1. The van der Waals surface area contributed by atoms with Crippen LogP contribution < -0.4 is 0 Å². The molecule has 0 radical (unpaired) electrons. The van der Waals surface area contributed by atoms with Crippen LogP contribution in [-0.4, -0.2) is 29.7 Å². The van der Waals surface area contributed by atoms with Crippen LogP contribution in [-0.2, 0) is 13.0 Å². The van der Waals surface area contributed by atoms with Gasteiger partial charge in [-0.3, -0.25) is 4.90 Å². The Morgan fingerprint density at radius 3 is 3.00 bits per heavy atom. The first kappa shape index (κ1) is 10.1. The molecule has 2 heterocycles. The minimum absolute atomic E-state index is 0.349. The summed E-state index contributed by atoms with van der Waals surface area (Å²) in [6.45, 7) is 5.77. The summed E-state index contributed by atoms with van der Waals surface area (Å²) < 4.78 is 0. The zero-order chi connectivity index (χ0) is 9.97. The van der Waals surface area contributed by atoms with Crippen molar-refractivity contribution >= 4 is 11.3 Å². The van der Waals surface area contributed by atoms with Crippen LogP contribution in [0.3, 0.4) is 0 Å². The quantitative estimate of drug-likeness (QED) is 0.820. The number of nitrogens with zero attached hydrogens (tertiary/aromatic N) is 1. The van der Waals surface area contributed by atoms with E-state index >= 15 is 0 Å². The maximum absolute atomic E-state index is 8.91. The highest BCUT2D eigenvalue weighted by atomic mass is 32.1. The normalized spacial score (nSPS) is 18.4. The Bertz CT molecular complexity index is 291. The van der Waals surface area contributed by atoms with Crippen molar-refractivity contribution in [3.05, 3.63) is 21.9 Å². The predicted octanol–water partition coefficient (Wildman–Crippen LogP) is 1.73. The Balaban J connectivity index is 1.86. The molecule has 0 unspecified atom stereocenters. The summed E-state index contributed by atoms with van der Waals surface area (Å²) >= 11 is 1.86. The van der Waals surface area contributed by atoms with Gasteiger partial charge < -0.3 is 5.11 Å². The minimum atomic E-state index is 0.349. The number of rotatable bonds is 4. The van der Waals surface area contributed by atoms with E-state index in [1.165, 1.54) is 10.4 Å². The molecule has 1 aromatic heterocycles. The van der Waals surface area contributed by atoms with E-state index in [0.717, 1.165) is 26.1 Å². The van der Waals surface area contributed by atoms with Crippen molar-refractivity contribution in [2.45, 2.75) is 19.9 Å². The van der Waals surface area contributed by atoms with Gasteiger partial charge in [0.2, 0.25) is 0 Å². The van der Waals surface area contributed by atoms with Crippen LogP contribution in [0.25, 0.3) is 0 Å². The second-order valence-electron chi connectivity index (χ2n) is 3.97. The lowest BCUT2D eigenvalue weighted by Crippen LogP contribution is -2.47. The fraction of sp³-hybridized carbons (Fsp3) is 0.636. The van der Waals surface area contributed by atoms with Gasteiger partial charge in [-0.05, 0) is 23.4 Å². The van der Waals surface area contributed by atoms with Crippen LogP contribution in [0.1, 0.15) is 17.4 Å². The van der Waals surface area contributed by atoms with E-state index < -0.39 is 0 Å². The maximum Gasteiger partial charge on any atom is 0.0483 e. The average molecular weight is 211 g/mol. The molecule has 1 aromatic rings. The fourth-order valence-corrected chi connectivity index (χ4v) is 2.96. The molecule has 1 N–H and O–H groups in total. The summed E-state index contributed by atoms with van der Waals surface area (Å²) in [7, 11) is 0. The second-order valence-corrected chi connectivity index (χ2v) is 4.97. The molecule has 3 heteroatoms. The third kappa shape index (κ3) is 2.00. The predicted molar refractivity (Wildman–Crippen MR) is 59.5 cm³/mol. The minimum Gasteiger partial charge on any atom is -0.396 e. The summed E-state index contributed by atoms with van der Waals surface area (Å²) in [5.41, 5.74) is 1.49. The van der Waals surface area contributed by atoms with Gasteiger partial charge in [-0.2, -0.15) is 0 Å². The molecule has 78 valence electrons. The van der Waals surface area contributed by atoms with Gasteiger partial charge in [0.1, 0.15) is 0 Å². The highest BCUT2D eigenvalue weighted by Crippen LogP contribution is 2.23. The molecular formula is C11H17NOS. The van der Waals surface area contributed by atoms with Crippen molar-refractivity contribution in [3.8, 4) is 0 Å². The summed E-state index contributed by atoms with van der Waals surface area (Å²) in [4.78, 5) is 3.91. The molecule has 1 aliphatic rings. The van der Waals surface area contributed by atoms with Gasteiger partial charge in [0.15, 0.2) is 0 Å². The molecule has 1 saturated heterocycles. The largest absolute Gasteiger partial charge is 0.396 e. The van der Waals surface area contributed by atoms with Crippen LogP contribution in [0.4, 0.5) is 0 Å². The highest BCUT2D eigenvalue weighted by Gasteiger charge is 2.26. The Kier molecular flexibility index (Phi) is 3.21. The highest BCUT2D eigenvalue weighted by molar-refractivity contribution is 7.10. The van der Waals surface area contributed by atoms with Gasteiger partial charge in [0, 0.05) is 37.0 Å². The zero-order valence-corrected chi connectivity index (χ0v) is 9.39. The van der Waals surface area contributed by atoms with Crippen LogP contribution in [0, 0.1) is 5.92 Å². The van der Waals surface area contributed by atoms with E-state index in [1.807, 2.05) is 11.3 Å². The van der Waals surface area contributed by atoms with Gasteiger partial charge in [0.05, 0.1) is 0 Å². The summed E-state index contributed by atoms with van der Waals surface area (Å²) in [6, 6.07) is 2.23. The SMILES string of the molecule is CCc1ccsc1CN1CC(CO)C1. The number of hydrogen-bond acceptors (Lipinski definition) is 3. The van der Waals surface area contributed by atoms with E-state index in [2.05, 4.69) is 23.3 Å². The lowest BCUT2D eigenvalue weighted by molar-refractivity contribution is 0.0485. The Labute approximate surface area is 89.2 Å². The van der Waals surface area contributed by atoms with Gasteiger partial charge in [-0.1, -0.05) is 6.92 Å². The van der Waals surface area contributed by atoms with E-state index in [0.29, 0.717) is 12.5 Å². The molecular weight excluding hydrogens is 194 g/mol. The van der Waals surface area contributed by atoms with E-state index in [1.54, 1.807) is 0 Å². The van der Waals surface area contributed by atoms with Gasteiger partial charge in [-0.25, -0.2) is 0 Å². The van der Waals surface area contributed by atoms with Crippen molar-refractivity contribution in [2.24, 2.45) is 5.92 Å². The van der Waals surface area contributed by atoms with Crippen molar-refractivity contribution in [3.63, 3.8) is 0 Å². The first-order valence-corrected chi connectivity index (χ1v) is 6.10. The molecule has 0 bridgehead atoms. The summed E-state index contributed by atoms with van der Waals surface area (Å²) in [6.07, 6.45) is 1.14. The Morgan fingerprint density at radius 1 is 1.57 bits per heavy atom. The average Bonchev–Trinajstić information content (AvgIpc) is 2.57. The first-order valence-electron chi connectivity index (χ1n) is 5.22. The first-order chi connectivity index (χ1) is 6.83. The van der Waals surface area contributed by atoms with Crippen molar-refractivity contribution in [1.82, 2.24) is 4.90 Å². The molecule has 0 atom stereocenters. The standard InChI is InChI=1S/C11H17NOS/c1-2-10-3-4-14-11(10)7-12-5-9(6-12)8-13/h3-4,9,13H,2,5-8H2,1H3. The molecule has 0 saturated carbocycles. The van der Waals surface area contributed by atoms with Crippen LogP contribution in [0.15, 0.2) is 11.4 Å².